The Bertz CT molecular complexity index is 3450. The largest absolute Gasteiger partial charge is 0.507 e. The smallest absolute Gasteiger partial charge is 0.143 e. The standard InChI is InChI=1S/C56H39N3O2/c1-35-29-42(33-48(57-35)38-19-13-20-39(30-38)49-31-41(36-15-5-3-6-16-36)32-50(58-49)46-21-10-12-26-52(46)60)55-54(47-22-9-11-25-51(47)59(55)2)40-27-28-44-45-24-14-23-43(37-17-7-4-8-18-37)56(45)61-53(44)34-40/h3-34,60H,1-2H3. The van der Waals surface area contributed by atoms with Crippen molar-refractivity contribution in [3.8, 4) is 84.2 Å². The Labute approximate surface area is 353 Å². The molecule has 290 valence electrons. The van der Waals surface area contributed by atoms with Gasteiger partial charge in [-0.25, -0.2) is 4.98 Å². The van der Waals surface area contributed by atoms with Gasteiger partial charge in [-0.15, -0.1) is 0 Å². The molecule has 7 aromatic carbocycles. The van der Waals surface area contributed by atoms with E-state index in [1.165, 1.54) is 5.39 Å². The maximum absolute atomic E-state index is 10.9. The third kappa shape index (κ3) is 6.35. The van der Waals surface area contributed by atoms with Gasteiger partial charge in [0, 0.05) is 67.8 Å². The zero-order valence-corrected chi connectivity index (χ0v) is 33.7. The molecule has 0 saturated carbocycles. The molecule has 0 radical (unpaired) electrons. The summed E-state index contributed by atoms with van der Waals surface area (Å²) in [6.07, 6.45) is 0. The third-order valence-electron chi connectivity index (χ3n) is 11.8. The molecule has 4 heterocycles. The van der Waals surface area contributed by atoms with Gasteiger partial charge in [-0.3, -0.25) is 4.98 Å². The lowest BCUT2D eigenvalue weighted by molar-refractivity contribution is 0.477. The Hall–Kier alpha value is -8.02. The molecular weight excluding hydrogens is 747 g/mol. The van der Waals surface area contributed by atoms with Crippen LogP contribution in [0.2, 0.25) is 0 Å². The van der Waals surface area contributed by atoms with Crippen molar-refractivity contribution >= 4 is 32.8 Å². The number of aryl methyl sites for hydroxylation is 2. The number of rotatable bonds is 7. The fourth-order valence-electron chi connectivity index (χ4n) is 8.92. The van der Waals surface area contributed by atoms with Crippen molar-refractivity contribution in [2.75, 3.05) is 0 Å². The highest BCUT2D eigenvalue weighted by Gasteiger charge is 2.22. The second-order valence-electron chi connectivity index (χ2n) is 15.6. The quantitative estimate of drug-likeness (QED) is 0.175. The highest BCUT2D eigenvalue weighted by atomic mass is 16.3. The Morgan fingerprint density at radius 3 is 1.87 bits per heavy atom. The molecule has 5 nitrogen and oxygen atoms in total. The van der Waals surface area contributed by atoms with E-state index in [2.05, 4.69) is 158 Å². The molecule has 11 rings (SSSR count). The predicted octanol–water partition coefficient (Wildman–Crippen LogP) is 14.6. The number of furan rings is 1. The van der Waals surface area contributed by atoms with Crippen LogP contribution in [0.5, 0.6) is 5.75 Å². The zero-order valence-electron chi connectivity index (χ0n) is 33.7. The second kappa shape index (κ2) is 14.7. The summed E-state index contributed by atoms with van der Waals surface area (Å²) in [5.74, 6) is 0.193. The normalized spacial score (nSPS) is 11.5. The predicted molar refractivity (Wildman–Crippen MR) is 250 cm³/mol. The van der Waals surface area contributed by atoms with Crippen LogP contribution in [0.1, 0.15) is 5.69 Å². The van der Waals surface area contributed by atoms with Crippen LogP contribution in [0, 0.1) is 6.92 Å². The molecule has 1 N–H and O–H groups in total. The number of fused-ring (bicyclic) bond motifs is 4. The van der Waals surface area contributed by atoms with E-state index in [1.807, 2.05) is 48.5 Å². The summed E-state index contributed by atoms with van der Waals surface area (Å²) in [7, 11) is 2.15. The van der Waals surface area contributed by atoms with E-state index >= 15 is 0 Å². The number of para-hydroxylation sites is 3. The number of hydrogen-bond acceptors (Lipinski definition) is 4. The molecule has 0 bridgehead atoms. The van der Waals surface area contributed by atoms with Gasteiger partial charge in [-0.05, 0) is 89.8 Å². The fraction of sp³-hybridized carbons (Fsp3) is 0.0357. The van der Waals surface area contributed by atoms with E-state index in [0.717, 1.165) is 100 Å². The van der Waals surface area contributed by atoms with Gasteiger partial charge in [0.15, 0.2) is 0 Å². The summed E-state index contributed by atoms with van der Waals surface area (Å²) in [4.78, 5) is 10.2. The van der Waals surface area contributed by atoms with Crippen molar-refractivity contribution in [1.29, 1.82) is 0 Å². The van der Waals surface area contributed by atoms with E-state index in [-0.39, 0.29) is 5.75 Å². The van der Waals surface area contributed by atoms with Crippen molar-refractivity contribution in [1.82, 2.24) is 14.5 Å². The van der Waals surface area contributed by atoms with Crippen LogP contribution >= 0.6 is 0 Å². The van der Waals surface area contributed by atoms with E-state index in [1.54, 1.807) is 6.07 Å². The first-order chi connectivity index (χ1) is 30.0. The molecule has 11 aromatic rings. The third-order valence-corrected chi connectivity index (χ3v) is 11.8. The van der Waals surface area contributed by atoms with Gasteiger partial charge in [0.2, 0.25) is 0 Å². The summed E-state index contributed by atoms with van der Waals surface area (Å²) >= 11 is 0. The Balaban J connectivity index is 1.04. The number of aromatic hydroxyl groups is 1. The van der Waals surface area contributed by atoms with Crippen LogP contribution in [0.3, 0.4) is 0 Å². The number of phenols is 1. The van der Waals surface area contributed by atoms with Gasteiger partial charge in [-0.2, -0.15) is 0 Å². The summed E-state index contributed by atoms with van der Waals surface area (Å²) in [5, 5.41) is 14.2. The van der Waals surface area contributed by atoms with Crippen LogP contribution in [0.4, 0.5) is 0 Å². The zero-order chi connectivity index (χ0) is 41.0. The maximum atomic E-state index is 10.9. The van der Waals surface area contributed by atoms with Crippen LogP contribution in [-0.4, -0.2) is 19.6 Å². The van der Waals surface area contributed by atoms with Crippen LogP contribution in [0.15, 0.2) is 199 Å². The molecule has 0 amide bonds. The number of aromatic nitrogens is 3. The highest BCUT2D eigenvalue weighted by molar-refractivity contribution is 6.12. The molecule has 0 spiro atoms. The van der Waals surface area contributed by atoms with E-state index in [0.29, 0.717) is 11.3 Å². The van der Waals surface area contributed by atoms with Gasteiger partial charge in [0.05, 0.1) is 22.8 Å². The minimum Gasteiger partial charge on any atom is -0.507 e. The van der Waals surface area contributed by atoms with Crippen LogP contribution in [-0.2, 0) is 7.05 Å². The molecular formula is C56H39N3O2. The summed E-state index contributed by atoms with van der Waals surface area (Å²) in [6, 6.07) is 66.7. The first kappa shape index (κ1) is 36.1. The molecule has 0 aliphatic rings. The molecule has 0 fully saturated rings. The van der Waals surface area contributed by atoms with Crippen molar-refractivity contribution in [2.24, 2.45) is 7.05 Å². The molecule has 0 aliphatic carbocycles. The van der Waals surface area contributed by atoms with Gasteiger partial charge in [-0.1, -0.05) is 133 Å². The van der Waals surface area contributed by atoms with Crippen molar-refractivity contribution in [3.63, 3.8) is 0 Å². The first-order valence-electron chi connectivity index (χ1n) is 20.5. The Kier molecular flexibility index (Phi) is 8.68. The van der Waals surface area contributed by atoms with Gasteiger partial charge >= 0.3 is 0 Å². The minimum atomic E-state index is 0.193. The lowest BCUT2D eigenvalue weighted by atomic mass is 9.95. The van der Waals surface area contributed by atoms with Gasteiger partial charge < -0.3 is 14.1 Å². The molecule has 5 heteroatoms. The molecule has 0 aliphatic heterocycles. The first-order valence-corrected chi connectivity index (χ1v) is 20.5. The lowest BCUT2D eigenvalue weighted by Crippen LogP contribution is -1.96. The number of hydrogen-bond donors (Lipinski definition) is 1. The molecule has 61 heavy (non-hydrogen) atoms. The van der Waals surface area contributed by atoms with E-state index in [4.69, 9.17) is 14.4 Å². The lowest BCUT2D eigenvalue weighted by Gasteiger charge is -2.14. The molecule has 0 unspecified atom stereocenters. The highest BCUT2D eigenvalue weighted by Crippen LogP contribution is 2.44. The van der Waals surface area contributed by atoms with Gasteiger partial charge in [0.1, 0.15) is 16.9 Å². The summed E-state index contributed by atoms with van der Waals surface area (Å²) < 4.78 is 9.05. The van der Waals surface area contributed by atoms with E-state index < -0.39 is 0 Å². The Morgan fingerprint density at radius 2 is 1.07 bits per heavy atom. The topological polar surface area (TPSA) is 64.1 Å². The maximum Gasteiger partial charge on any atom is 0.143 e. The van der Waals surface area contributed by atoms with Crippen LogP contribution < -0.4 is 0 Å². The van der Waals surface area contributed by atoms with Crippen LogP contribution in [0.25, 0.3) is 111 Å². The molecule has 0 saturated heterocycles. The minimum absolute atomic E-state index is 0.193. The average Bonchev–Trinajstić information content (AvgIpc) is 3.84. The number of pyridine rings is 2. The SMILES string of the molecule is Cc1cc(-c2c(-c3ccc4c(c3)oc3c(-c5ccccc5)cccc34)c3ccccc3n2C)cc(-c2cccc(-c3cc(-c4ccccc4)cc(-c4ccccc4O)n3)c2)n1. The number of benzene rings is 7. The molecule has 4 aromatic heterocycles. The average molecular weight is 786 g/mol. The Morgan fingerprint density at radius 1 is 0.443 bits per heavy atom. The van der Waals surface area contributed by atoms with E-state index in [9.17, 15) is 5.11 Å². The fourth-order valence-corrected chi connectivity index (χ4v) is 8.92. The van der Waals surface area contributed by atoms with Crippen molar-refractivity contribution in [2.45, 2.75) is 6.92 Å². The summed E-state index contributed by atoms with van der Waals surface area (Å²) in [5.41, 5.74) is 17.5. The molecule has 0 atom stereocenters. The monoisotopic (exact) mass is 785 g/mol. The number of nitrogens with zero attached hydrogens (tertiary/aromatic N) is 3. The van der Waals surface area contributed by atoms with Crippen molar-refractivity contribution in [3.05, 3.63) is 200 Å². The second-order valence-corrected chi connectivity index (χ2v) is 15.6. The van der Waals surface area contributed by atoms with Crippen molar-refractivity contribution < 1.29 is 9.52 Å². The van der Waals surface area contributed by atoms with Gasteiger partial charge in [0.25, 0.3) is 0 Å². The summed E-state index contributed by atoms with van der Waals surface area (Å²) in [6.45, 7) is 2.06. The number of phenolic OH excluding ortho intramolecular Hbond substituents is 1.